The first-order chi connectivity index (χ1) is 13.6. The van der Waals surface area contributed by atoms with Crippen LogP contribution in [0.15, 0.2) is 48.5 Å². The maximum absolute atomic E-state index is 3.48. The lowest BCUT2D eigenvalue weighted by Gasteiger charge is -2.42. The van der Waals surface area contributed by atoms with E-state index in [1.54, 1.807) is 0 Å². The van der Waals surface area contributed by atoms with Crippen molar-refractivity contribution in [1.29, 1.82) is 0 Å². The molecular formula is C24H34N4. The minimum Gasteiger partial charge on any atom is -0.368 e. The Labute approximate surface area is 170 Å². The zero-order valence-corrected chi connectivity index (χ0v) is 17.6. The van der Waals surface area contributed by atoms with Gasteiger partial charge in [0.2, 0.25) is 0 Å². The number of nitrogens with zero attached hydrogens (tertiary/aromatic N) is 3. The summed E-state index contributed by atoms with van der Waals surface area (Å²) in [7, 11) is 0. The van der Waals surface area contributed by atoms with Crippen molar-refractivity contribution in [3.05, 3.63) is 59.7 Å². The second-order valence-electron chi connectivity index (χ2n) is 8.47. The number of piperazine rings is 2. The summed E-state index contributed by atoms with van der Waals surface area (Å²) in [6.45, 7) is 14.5. The molecule has 0 spiro atoms. The Kier molecular flexibility index (Phi) is 5.88. The Balaban J connectivity index is 1.42. The summed E-state index contributed by atoms with van der Waals surface area (Å²) < 4.78 is 0. The molecule has 1 N–H and O–H groups in total. The fourth-order valence-electron chi connectivity index (χ4n) is 4.66. The van der Waals surface area contributed by atoms with Crippen LogP contribution in [0.4, 0.5) is 11.4 Å². The number of hydrogen-bond donors (Lipinski definition) is 1. The molecule has 4 rings (SSSR count). The smallest absolute Gasteiger partial charge is 0.0398 e. The molecule has 0 bridgehead atoms. The molecule has 2 atom stereocenters. The third-order valence-electron chi connectivity index (χ3n) is 6.35. The van der Waals surface area contributed by atoms with Gasteiger partial charge in [-0.2, -0.15) is 0 Å². The summed E-state index contributed by atoms with van der Waals surface area (Å²) in [5.41, 5.74) is 5.57. The van der Waals surface area contributed by atoms with Gasteiger partial charge in [-0.15, -0.1) is 0 Å². The van der Waals surface area contributed by atoms with Crippen LogP contribution in [0.1, 0.15) is 25.0 Å². The second-order valence-corrected chi connectivity index (χ2v) is 8.47. The number of rotatable bonds is 4. The van der Waals surface area contributed by atoms with Crippen molar-refractivity contribution >= 4 is 11.4 Å². The minimum absolute atomic E-state index is 0.556. The molecule has 2 aromatic rings. The van der Waals surface area contributed by atoms with Crippen LogP contribution in [0.3, 0.4) is 0 Å². The predicted molar refractivity (Wildman–Crippen MR) is 119 cm³/mol. The molecule has 2 aliphatic heterocycles. The van der Waals surface area contributed by atoms with E-state index in [1.807, 2.05) is 0 Å². The average Bonchev–Trinajstić information content (AvgIpc) is 2.71. The molecule has 0 saturated carbocycles. The molecule has 4 nitrogen and oxygen atoms in total. The summed E-state index contributed by atoms with van der Waals surface area (Å²) in [5, 5.41) is 3.48. The van der Waals surface area contributed by atoms with E-state index in [9.17, 15) is 0 Å². The Morgan fingerprint density at radius 3 is 2.50 bits per heavy atom. The molecule has 4 heteroatoms. The lowest BCUT2D eigenvalue weighted by molar-refractivity contribution is 0.181. The minimum atomic E-state index is 0.556. The van der Waals surface area contributed by atoms with E-state index in [0.717, 1.165) is 45.8 Å². The van der Waals surface area contributed by atoms with Crippen LogP contribution in [-0.2, 0) is 6.54 Å². The molecule has 2 saturated heterocycles. The van der Waals surface area contributed by atoms with Gasteiger partial charge in [-0.1, -0.05) is 30.3 Å². The third-order valence-corrected chi connectivity index (χ3v) is 6.35. The molecule has 2 aromatic carbocycles. The number of nitrogens with one attached hydrogen (secondary N) is 1. The van der Waals surface area contributed by atoms with Crippen LogP contribution in [0.25, 0.3) is 0 Å². The fourth-order valence-corrected chi connectivity index (χ4v) is 4.66. The van der Waals surface area contributed by atoms with Gasteiger partial charge in [-0.3, -0.25) is 4.90 Å². The second kappa shape index (κ2) is 8.54. The first-order valence-corrected chi connectivity index (χ1v) is 10.7. The predicted octanol–water partition coefficient (Wildman–Crippen LogP) is 3.50. The Morgan fingerprint density at radius 2 is 1.79 bits per heavy atom. The zero-order valence-electron chi connectivity index (χ0n) is 17.6. The summed E-state index contributed by atoms with van der Waals surface area (Å²) in [5.74, 6) is 0. The van der Waals surface area contributed by atoms with Crippen LogP contribution in [-0.4, -0.2) is 56.3 Å². The van der Waals surface area contributed by atoms with E-state index in [4.69, 9.17) is 0 Å². The molecule has 0 unspecified atom stereocenters. The van der Waals surface area contributed by atoms with Crippen molar-refractivity contribution < 1.29 is 0 Å². The van der Waals surface area contributed by atoms with E-state index in [1.165, 1.54) is 22.5 Å². The molecule has 0 radical (unpaired) electrons. The average molecular weight is 379 g/mol. The van der Waals surface area contributed by atoms with Crippen LogP contribution in [0, 0.1) is 6.92 Å². The molecule has 2 aliphatic rings. The van der Waals surface area contributed by atoms with E-state index < -0.39 is 0 Å². The van der Waals surface area contributed by atoms with Crippen molar-refractivity contribution in [2.75, 3.05) is 49.1 Å². The fraction of sp³-hybridized carbons (Fsp3) is 0.500. The zero-order chi connectivity index (χ0) is 19.5. The highest BCUT2D eigenvalue weighted by Gasteiger charge is 2.25. The summed E-state index contributed by atoms with van der Waals surface area (Å²) >= 11 is 0. The molecule has 0 aliphatic carbocycles. The van der Waals surface area contributed by atoms with Crippen molar-refractivity contribution in [2.45, 2.75) is 39.4 Å². The number of hydrogen-bond acceptors (Lipinski definition) is 4. The Bertz CT molecular complexity index is 775. The number of benzene rings is 2. The topological polar surface area (TPSA) is 21.8 Å². The first kappa shape index (κ1) is 19.3. The van der Waals surface area contributed by atoms with Gasteiger partial charge in [0.05, 0.1) is 0 Å². The molecule has 0 amide bonds. The number of anilines is 2. The van der Waals surface area contributed by atoms with Gasteiger partial charge in [0, 0.05) is 69.3 Å². The van der Waals surface area contributed by atoms with Gasteiger partial charge in [0.25, 0.3) is 0 Å². The third kappa shape index (κ3) is 4.18. The van der Waals surface area contributed by atoms with Crippen molar-refractivity contribution in [2.24, 2.45) is 0 Å². The highest BCUT2D eigenvalue weighted by atomic mass is 15.3. The highest BCUT2D eigenvalue weighted by Crippen LogP contribution is 2.29. The van der Waals surface area contributed by atoms with Crippen molar-refractivity contribution in [1.82, 2.24) is 10.2 Å². The van der Waals surface area contributed by atoms with Crippen LogP contribution in [0.5, 0.6) is 0 Å². The maximum atomic E-state index is 3.48. The molecule has 2 heterocycles. The van der Waals surface area contributed by atoms with Crippen LogP contribution in [0.2, 0.25) is 0 Å². The quantitative estimate of drug-likeness (QED) is 0.879. The summed E-state index contributed by atoms with van der Waals surface area (Å²) in [6.07, 6.45) is 0. The standard InChI is InChI=1S/C24H34N4/c1-19-15-23(28-12-11-25-16-20(28)2)9-10-24(19)27-14-13-26(21(3)17-27)18-22-7-5-4-6-8-22/h4-10,15,20-21,25H,11-14,16-18H2,1-3H3/t20-,21+/m1/s1. The molecule has 150 valence electrons. The Morgan fingerprint density at radius 1 is 0.964 bits per heavy atom. The van der Waals surface area contributed by atoms with E-state index in [2.05, 4.69) is 89.3 Å². The van der Waals surface area contributed by atoms with Gasteiger partial charge in [0.15, 0.2) is 0 Å². The van der Waals surface area contributed by atoms with Gasteiger partial charge < -0.3 is 15.1 Å². The van der Waals surface area contributed by atoms with Crippen LogP contribution < -0.4 is 15.1 Å². The molecular weight excluding hydrogens is 344 g/mol. The van der Waals surface area contributed by atoms with E-state index >= 15 is 0 Å². The first-order valence-electron chi connectivity index (χ1n) is 10.7. The van der Waals surface area contributed by atoms with E-state index in [0.29, 0.717) is 12.1 Å². The highest BCUT2D eigenvalue weighted by molar-refractivity contribution is 5.62. The van der Waals surface area contributed by atoms with Crippen molar-refractivity contribution in [3.63, 3.8) is 0 Å². The van der Waals surface area contributed by atoms with Gasteiger partial charge in [0.1, 0.15) is 0 Å². The van der Waals surface area contributed by atoms with Crippen LogP contribution >= 0.6 is 0 Å². The SMILES string of the molecule is Cc1cc(N2CCNC[C@H]2C)ccc1N1CCN(Cc2ccccc2)[C@@H](C)C1. The van der Waals surface area contributed by atoms with Gasteiger partial charge in [-0.05, 0) is 50.1 Å². The molecule has 28 heavy (non-hydrogen) atoms. The normalized spacial score (nSPS) is 23.8. The largest absolute Gasteiger partial charge is 0.368 e. The monoisotopic (exact) mass is 378 g/mol. The lowest BCUT2D eigenvalue weighted by Crippen LogP contribution is -2.51. The van der Waals surface area contributed by atoms with E-state index in [-0.39, 0.29) is 0 Å². The molecule has 0 aromatic heterocycles. The van der Waals surface area contributed by atoms with Gasteiger partial charge >= 0.3 is 0 Å². The van der Waals surface area contributed by atoms with Gasteiger partial charge in [-0.25, -0.2) is 0 Å². The lowest BCUT2D eigenvalue weighted by atomic mass is 10.1. The van der Waals surface area contributed by atoms with Crippen molar-refractivity contribution in [3.8, 4) is 0 Å². The maximum Gasteiger partial charge on any atom is 0.0398 e. The summed E-state index contributed by atoms with van der Waals surface area (Å²) in [4.78, 5) is 7.72. The number of aryl methyl sites for hydroxylation is 1. The Hall–Kier alpha value is -2.04. The molecule has 2 fully saturated rings. The summed E-state index contributed by atoms with van der Waals surface area (Å²) in [6, 6.07) is 19.0.